The summed E-state index contributed by atoms with van der Waals surface area (Å²) in [5.74, 6) is 1.44. The minimum absolute atomic E-state index is 0.0165. The Morgan fingerprint density at radius 1 is 1.04 bits per heavy atom. The molecule has 0 aromatic heterocycles. The summed E-state index contributed by atoms with van der Waals surface area (Å²) in [6.45, 7) is 8.71. The fourth-order valence-corrected chi connectivity index (χ4v) is 4.45. The van der Waals surface area contributed by atoms with Crippen LogP contribution in [0.1, 0.15) is 57.2 Å². The van der Waals surface area contributed by atoms with Crippen molar-refractivity contribution in [2.24, 2.45) is 11.8 Å². The molecule has 27 heavy (non-hydrogen) atoms. The fourth-order valence-electron chi connectivity index (χ4n) is 4.45. The Labute approximate surface area is 165 Å². The van der Waals surface area contributed by atoms with Crippen LogP contribution >= 0.6 is 0 Å². The SMILES string of the molecule is C[C@H](NCC[C@@H](Cc1ccccc1)[C@@H]1CCOC(C)(C)C1)c1ccccc1. The maximum atomic E-state index is 5.98. The molecule has 1 fully saturated rings. The number of hydrogen-bond donors (Lipinski definition) is 1. The molecule has 2 heteroatoms. The number of benzene rings is 2. The molecule has 0 spiro atoms. The molecule has 0 bridgehead atoms. The van der Waals surface area contributed by atoms with E-state index in [0.717, 1.165) is 19.1 Å². The number of rotatable bonds is 8. The van der Waals surface area contributed by atoms with Gasteiger partial charge in [-0.3, -0.25) is 0 Å². The molecule has 0 saturated carbocycles. The van der Waals surface area contributed by atoms with Crippen LogP contribution in [0.15, 0.2) is 60.7 Å². The van der Waals surface area contributed by atoms with E-state index in [9.17, 15) is 0 Å². The molecule has 0 radical (unpaired) electrons. The van der Waals surface area contributed by atoms with Crippen molar-refractivity contribution in [3.05, 3.63) is 71.8 Å². The topological polar surface area (TPSA) is 21.3 Å². The van der Waals surface area contributed by atoms with E-state index >= 15 is 0 Å². The smallest absolute Gasteiger partial charge is 0.0629 e. The molecule has 1 N–H and O–H groups in total. The Hall–Kier alpha value is -1.64. The normalized spacial score (nSPS) is 21.5. The summed E-state index contributed by atoms with van der Waals surface area (Å²) in [6, 6.07) is 22.1. The molecule has 2 aromatic carbocycles. The highest BCUT2D eigenvalue weighted by atomic mass is 16.5. The van der Waals surface area contributed by atoms with Gasteiger partial charge < -0.3 is 10.1 Å². The Kier molecular flexibility index (Phi) is 7.09. The first-order chi connectivity index (χ1) is 13.0. The fraction of sp³-hybridized carbons (Fsp3) is 0.520. The number of hydrogen-bond acceptors (Lipinski definition) is 2. The minimum Gasteiger partial charge on any atom is -0.376 e. The second kappa shape index (κ2) is 9.52. The van der Waals surface area contributed by atoms with Crippen LogP contribution < -0.4 is 5.32 Å². The molecule has 0 aliphatic carbocycles. The highest BCUT2D eigenvalue weighted by molar-refractivity contribution is 5.18. The molecule has 3 rings (SSSR count). The van der Waals surface area contributed by atoms with Gasteiger partial charge in [-0.2, -0.15) is 0 Å². The Bertz CT molecular complexity index is 667. The first-order valence-corrected chi connectivity index (χ1v) is 10.5. The van der Waals surface area contributed by atoms with Gasteiger partial charge in [0.25, 0.3) is 0 Å². The van der Waals surface area contributed by atoms with Gasteiger partial charge in [0, 0.05) is 12.6 Å². The lowest BCUT2D eigenvalue weighted by Gasteiger charge is -2.39. The summed E-state index contributed by atoms with van der Waals surface area (Å²) < 4.78 is 5.98. The summed E-state index contributed by atoms with van der Waals surface area (Å²) in [6.07, 6.45) is 4.74. The molecular weight excluding hydrogens is 330 g/mol. The van der Waals surface area contributed by atoms with E-state index in [-0.39, 0.29) is 5.60 Å². The van der Waals surface area contributed by atoms with E-state index in [1.54, 1.807) is 0 Å². The van der Waals surface area contributed by atoms with Gasteiger partial charge in [-0.1, -0.05) is 60.7 Å². The van der Waals surface area contributed by atoms with Crippen LogP contribution in [0.5, 0.6) is 0 Å². The molecule has 1 aliphatic rings. The van der Waals surface area contributed by atoms with Crippen LogP contribution in [0.4, 0.5) is 0 Å². The first kappa shape index (κ1) is 20.1. The van der Waals surface area contributed by atoms with E-state index in [0.29, 0.717) is 12.0 Å². The van der Waals surface area contributed by atoms with Crippen molar-refractivity contribution in [3.63, 3.8) is 0 Å². The van der Waals surface area contributed by atoms with Gasteiger partial charge in [-0.05, 0) is 76.0 Å². The van der Waals surface area contributed by atoms with Gasteiger partial charge in [0.15, 0.2) is 0 Å². The summed E-state index contributed by atoms with van der Waals surface area (Å²) in [5, 5.41) is 3.74. The van der Waals surface area contributed by atoms with Crippen molar-refractivity contribution < 1.29 is 4.74 Å². The van der Waals surface area contributed by atoms with Crippen molar-refractivity contribution in [1.82, 2.24) is 5.32 Å². The van der Waals surface area contributed by atoms with E-state index in [4.69, 9.17) is 4.74 Å². The lowest BCUT2D eigenvalue weighted by Crippen LogP contribution is -2.38. The summed E-state index contributed by atoms with van der Waals surface area (Å²) in [5.41, 5.74) is 2.84. The second-order valence-corrected chi connectivity index (χ2v) is 8.69. The molecule has 0 unspecified atom stereocenters. The third-order valence-corrected chi connectivity index (χ3v) is 6.01. The molecule has 1 saturated heterocycles. The van der Waals surface area contributed by atoms with Crippen molar-refractivity contribution in [1.29, 1.82) is 0 Å². The number of nitrogens with one attached hydrogen (secondary N) is 1. The monoisotopic (exact) mass is 365 g/mol. The zero-order valence-corrected chi connectivity index (χ0v) is 17.2. The lowest BCUT2D eigenvalue weighted by atomic mass is 9.75. The highest BCUT2D eigenvalue weighted by Crippen LogP contribution is 2.36. The van der Waals surface area contributed by atoms with Crippen LogP contribution in [0, 0.1) is 11.8 Å². The van der Waals surface area contributed by atoms with E-state index in [1.807, 2.05) is 0 Å². The molecule has 0 amide bonds. The first-order valence-electron chi connectivity index (χ1n) is 10.5. The van der Waals surface area contributed by atoms with Crippen molar-refractivity contribution in [2.75, 3.05) is 13.2 Å². The van der Waals surface area contributed by atoms with Gasteiger partial charge >= 0.3 is 0 Å². The predicted molar refractivity (Wildman–Crippen MR) is 114 cm³/mol. The van der Waals surface area contributed by atoms with Crippen molar-refractivity contribution in [2.45, 2.75) is 58.1 Å². The average Bonchev–Trinajstić information content (AvgIpc) is 2.68. The third-order valence-electron chi connectivity index (χ3n) is 6.01. The Balaban J connectivity index is 1.61. The lowest BCUT2D eigenvalue weighted by molar-refractivity contribution is -0.0830. The highest BCUT2D eigenvalue weighted by Gasteiger charge is 2.33. The average molecular weight is 366 g/mol. The molecule has 2 aromatic rings. The quantitative estimate of drug-likeness (QED) is 0.639. The minimum atomic E-state index is 0.0165. The van der Waals surface area contributed by atoms with Crippen LogP contribution in [-0.2, 0) is 11.2 Å². The van der Waals surface area contributed by atoms with Gasteiger partial charge in [-0.15, -0.1) is 0 Å². The van der Waals surface area contributed by atoms with Crippen molar-refractivity contribution >= 4 is 0 Å². The van der Waals surface area contributed by atoms with Gasteiger partial charge in [0.1, 0.15) is 0 Å². The maximum absolute atomic E-state index is 5.98. The molecule has 146 valence electrons. The molecule has 2 nitrogen and oxygen atoms in total. The standard InChI is InChI=1S/C25H35NO/c1-20(22-12-8-5-9-13-22)26-16-14-23(18-21-10-6-4-7-11-21)24-15-17-27-25(2,3)19-24/h4-13,20,23-24,26H,14-19H2,1-3H3/t20-,23-,24+/m0/s1. The van der Waals surface area contributed by atoms with Crippen LogP contribution in [0.2, 0.25) is 0 Å². The van der Waals surface area contributed by atoms with E-state index in [2.05, 4.69) is 86.8 Å². The summed E-state index contributed by atoms with van der Waals surface area (Å²) in [4.78, 5) is 0. The second-order valence-electron chi connectivity index (χ2n) is 8.69. The van der Waals surface area contributed by atoms with Gasteiger partial charge in [-0.25, -0.2) is 0 Å². The largest absolute Gasteiger partial charge is 0.376 e. The van der Waals surface area contributed by atoms with Crippen LogP contribution in [-0.4, -0.2) is 18.8 Å². The van der Waals surface area contributed by atoms with Crippen LogP contribution in [0.25, 0.3) is 0 Å². The molecule has 1 heterocycles. The molecule has 1 aliphatic heterocycles. The predicted octanol–water partition coefficient (Wildman–Crippen LogP) is 5.79. The molecular formula is C25H35NO. The van der Waals surface area contributed by atoms with E-state index < -0.39 is 0 Å². The van der Waals surface area contributed by atoms with Gasteiger partial charge in [0.2, 0.25) is 0 Å². The van der Waals surface area contributed by atoms with Crippen LogP contribution in [0.3, 0.4) is 0 Å². The zero-order valence-electron chi connectivity index (χ0n) is 17.2. The maximum Gasteiger partial charge on any atom is 0.0629 e. The Morgan fingerprint density at radius 2 is 1.70 bits per heavy atom. The summed E-state index contributed by atoms with van der Waals surface area (Å²) >= 11 is 0. The molecule has 3 atom stereocenters. The van der Waals surface area contributed by atoms with Crippen molar-refractivity contribution in [3.8, 4) is 0 Å². The Morgan fingerprint density at radius 3 is 2.37 bits per heavy atom. The zero-order chi connectivity index (χ0) is 19.1. The number of ether oxygens (including phenoxy) is 1. The van der Waals surface area contributed by atoms with Gasteiger partial charge in [0.05, 0.1) is 5.60 Å². The summed E-state index contributed by atoms with van der Waals surface area (Å²) in [7, 11) is 0. The van der Waals surface area contributed by atoms with E-state index in [1.165, 1.54) is 36.8 Å². The third kappa shape index (κ3) is 6.19.